The Bertz CT molecular complexity index is 1230. The Kier molecular flexibility index (Phi) is 10.2. The number of nitrogens with zero attached hydrogens (tertiary/aromatic N) is 2. The van der Waals surface area contributed by atoms with E-state index in [0.29, 0.717) is 4.77 Å². The van der Waals surface area contributed by atoms with Crippen molar-refractivity contribution in [3.63, 3.8) is 0 Å². The molecule has 1 N–H and O–H groups in total. The van der Waals surface area contributed by atoms with Crippen molar-refractivity contribution in [3.05, 3.63) is 155 Å². The minimum Gasteiger partial charge on any atom is -0.303 e. The molecule has 4 heteroatoms. The summed E-state index contributed by atoms with van der Waals surface area (Å²) in [5.41, 5.74) is 4.69. The predicted octanol–water partition coefficient (Wildman–Crippen LogP) is 8.06. The van der Waals surface area contributed by atoms with E-state index >= 15 is 0 Å². The highest BCUT2D eigenvalue weighted by Crippen LogP contribution is 2.27. The number of aromatic nitrogens is 3. The molecule has 0 aliphatic carbocycles. The fourth-order valence-corrected chi connectivity index (χ4v) is 4.08. The zero-order chi connectivity index (χ0) is 24.9. The quantitative estimate of drug-likeness (QED) is 0.210. The number of aromatic amines is 1. The van der Waals surface area contributed by atoms with Crippen molar-refractivity contribution >= 4 is 12.2 Å². The smallest absolute Gasteiger partial charge is 0.195 e. The number of benzene rings is 2. The average Bonchev–Trinajstić information content (AvgIpc) is 3.25. The molecule has 0 atom stereocenters. The van der Waals surface area contributed by atoms with Gasteiger partial charge in [0.25, 0.3) is 0 Å². The molecule has 2 aromatic carbocycles. The third-order valence-electron chi connectivity index (χ3n) is 5.79. The second-order valence-corrected chi connectivity index (χ2v) is 8.57. The molecule has 3 nitrogen and oxygen atoms in total. The van der Waals surface area contributed by atoms with Crippen molar-refractivity contribution in [1.29, 1.82) is 0 Å². The van der Waals surface area contributed by atoms with E-state index in [9.17, 15) is 0 Å². The van der Waals surface area contributed by atoms with Gasteiger partial charge < -0.3 is 4.57 Å². The average molecular weight is 480 g/mol. The molecule has 0 saturated carbocycles. The fraction of sp³-hybridized carbons (Fsp3) is 0.161. The summed E-state index contributed by atoms with van der Waals surface area (Å²) >= 11 is 5.63. The summed E-state index contributed by atoms with van der Waals surface area (Å²) in [6, 6.07) is 21.2. The zero-order valence-electron chi connectivity index (χ0n) is 20.3. The summed E-state index contributed by atoms with van der Waals surface area (Å²) in [5.74, 6) is 1.15. The molecule has 178 valence electrons. The van der Waals surface area contributed by atoms with Gasteiger partial charge >= 0.3 is 0 Å². The summed E-state index contributed by atoms with van der Waals surface area (Å²) < 4.78 is 2.80. The molecule has 3 aromatic rings. The Balaban J connectivity index is 1.74. The first-order valence-electron chi connectivity index (χ1n) is 11.8. The normalized spacial score (nSPS) is 12.3. The predicted molar refractivity (Wildman–Crippen MR) is 151 cm³/mol. The Morgan fingerprint density at radius 1 is 0.971 bits per heavy atom. The molecule has 1 aromatic heterocycles. The van der Waals surface area contributed by atoms with Crippen LogP contribution >= 0.6 is 12.2 Å². The number of H-pyrrole nitrogens is 1. The van der Waals surface area contributed by atoms with Gasteiger partial charge in [-0.2, -0.15) is 5.10 Å². The lowest BCUT2D eigenvalue weighted by Gasteiger charge is -2.20. The van der Waals surface area contributed by atoms with Crippen LogP contribution in [0.15, 0.2) is 134 Å². The van der Waals surface area contributed by atoms with Gasteiger partial charge in [0.15, 0.2) is 4.77 Å². The molecule has 0 aliphatic rings. The zero-order valence-corrected chi connectivity index (χ0v) is 21.1. The van der Waals surface area contributed by atoms with E-state index < -0.39 is 0 Å². The minimum absolute atomic E-state index is 0.187. The molecule has 35 heavy (non-hydrogen) atoms. The molecular formula is C31H33N3S. The van der Waals surface area contributed by atoms with E-state index in [2.05, 4.69) is 108 Å². The van der Waals surface area contributed by atoms with Crippen LogP contribution in [0.4, 0.5) is 0 Å². The summed E-state index contributed by atoms with van der Waals surface area (Å²) in [4.78, 5) is 0. The third kappa shape index (κ3) is 7.90. The summed E-state index contributed by atoms with van der Waals surface area (Å²) in [6.45, 7) is 10.6. The van der Waals surface area contributed by atoms with Crippen LogP contribution in [-0.2, 0) is 13.0 Å². The van der Waals surface area contributed by atoms with E-state index in [-0.39, 0.29) is 5.92 Å². The number of rotatable bonds is 12. The van der Waals surface area contributed by atoms with Crippen LogP contribution in [0.1, 0.15) is 36.2 Å². The SMILES string of the molecule is C=C/C=C\C=C/C(=C)/C=C\C(=C/C)CCc1n[nH]c(=S)n1CC(c1ccccc1)c1ccccc1. The second-order valence-electron chi connectivity index (χ2n) is 8.18. The molecule has 3 rings (SSSR count). The van der Waals surface area contributed by atoms with Gasteiger partial charge in [-0.3, -0.25) is 5.10 Å². The highest BCUT2D eigenvalue weighted by Gasteiger charge is 2.17. The third-order valence-corrected chi connectivity index (χ3v) is 6.11. The van der Waals surface area contributed by atoms with Gasteiger partial charge in [-0.25, -0.2) is 0 Å². The first-order chi connectivity index (χ1) is 17.1. The van der Waals surface area contributed by atoms with Crippen LogP contribution in [-0.4, -0.2) is 14.8 Å². The van der Waals surface area contributed by atoms with Crippen molar-refractivity contribution in [2.75, 3.05) is 0 Å². The number of hydrogen-bond donors (Lipinski definition) is 1. The minimum atomic E-state index is 0.187. The summed E-state index contributed by atoms with van der Waals surface area (Å²) in [5, 5.41) is 7.58. The first kappa shape index (κ1) is 25.9. The number of hydrogen-bond acceptors (Lipinski definition) is 2. The summed E-state index contributed by atoms with van der Waals surface area (Å²) in [7, 11) is 0. The van der Waals surface area contributed by atoms with Gasteiger partial charge in [0, 0.05) is 18.9 Å². The molecule has 0 aliphatic heterocycles. The standard InChI is InChI=1S/C31H33N3S/c1-4-6-7-10-15-25(3)20-21-26(5-2)22-23-30-32-33-31(35)34(30)24-29(27-16-11-8-12-17-27)28-18-13-9-14-19-28/h4-21,29H,1,3,22-24H2,2H3,(H,33,35)/b7-6-,15-10-,21-20-,26-5+. The summed E-state index contributed by atoms with van der Waals surface area (Å²) in [6.07, 6.45) is 17.4. The Hall–Kier alpha value is -3.76. The first-order valence-corrected chi connectivity index (χ1v) is 12.2. The van der Waals surface area contributed by atoms with Crippen LogP contribution in [0.3, 0.4) is 0 Å². The molecule has 0 saturated heterocycles. The van der Waals surface area contributed by atoms with Gasteiger partial charge in [0.1, 0.15) is 5.82 Å². The Labute approximate surface area is 214 Å². The number of allylic oxidation sites excluding steroid dienone is 10. The Morgan fingerprint density at radius 3 is 2.23 bits per heavy atom. The van der Waals surface area contributed by atoms with Crippen molar-refractivity contribution < 1.29 is 0 Å². The highest BCUT2D eigenvalue weighted by molar-refractivity contribution is 7.71. The lowest BCUT2D eigenvalue weighted by atomic mass is 9.91. The largest absolute Gasteiger partial charge is 0.303 e. The van der Waals surface area contributed by atoms with Gasteiger partial charge in [-0.1, -0.05) is 128 Å². The van der Waals surface area contributed by atoms with Gasteiger partial charge in [0.2, 0.25) is 0 Å². The van der Waals surface area contributed by atoms with Crippen molar-refractivity contribution in [3.8, 4) is 0 Å². The molecule has 0 amide bonds. The van der Waals surface area contributed by atoms with Crippen molar-refractivity contribution in [2.45, 2.75) is 32.2 Å². The molecule has 0 bridgehead atoms. The van der Waals surface area contributed by atoms with Gasteiger partial charge in [-0.05, 0) is 42.3 Å². The topological polar surface area (TPSA) is 33.6 Å². The van der Waals surface area contributed by atoms with Gasteiger partial charge in [-0.15, -0.1) is 0 Å². The monoisotopic (exact) mass is 479 g/mol. The van der Waals surface area contributed by atoms with Gasteiger partial charge in [0.05, 0.1) is 0 Å². The van der Waals surface area contributed by atoms with E-state index in [0.717, 1.165) is 30.8 Å². The van der Waals surface area contributed by atoms with E-state index in [4.69, 9.17) is 12.2 Å². The molecule has 1 heterocycles. The van der Waals surface area contributed by atoms with Crippen LogP contribution in [0, 0.1) is 4.77 Å². The van der Waals surface area contributed by atoms with E-state index in [1.165, 1.54) is 16.7 Å². The lowest BCUT2D eigenvalue weighted by Crippen LogP contribution is -2.14. The fourth-order valence-electron chi connectivity index (χ4n) is 3.86. The maximum Gasteiger partial charge on any atom is 0.195 e. The van der Waals surface area contributed by atoms with Crippen LogP contribution in [0.5, 0.6) is 0 Å². The van der Waals surface area contributed by atoms with E-state index in [1.807, 2.05) is 30.4 Å². The van der Waals surface area contributed by atoms with Crippen LogP contribution in [0.2, 0.25) is 0 Å². The molecule has 0 fully saturated rings. The van der Waals surface area contributed by atoms with Crippen LogP contribution < -0.4 is 0 Å². The second kappa shape index (κ2) is 13.8. The maximum atomic E-state index is 5.63. The maximum absolute atomic E-state index is 5.63. The Morgan fingerprint density at radius 2 is 1.63 bits per heavy atom. The number of nitrogens with one attached hydrogen (secondary N) is 1. The van der Waals surface area contributed by atoms with Crippen molar-refractivity contribution in [1.82, 2.24) is 14.8 Å². The van der Waals surface area contributed by atoms with Crippen molar-refractivity contribution in [2.24, 2.45) is 0 Å². The lowest BCUT2D eigenvalue weighted by molar-refractivity contribution is 0.587. The van der Waals surface area contributed by atoms with Crippen LogP contribution in [0.25, 0.3) is 0 Å². The van der Waals surface area contributed by atoms with E-state index in [1.54, 1.807) is 6.08 Å². The molecular weight excluding hydrogens is 446 g/mol. The molecule has 0 unspecified atom stereocenters. The highest BCUT2D eigenvalue weighted by atomic mass is 32.1. The molecule has 0 radical (unpaired) electrons. The molecule has 0 spiro atoms. The number of aryl methyl sites for hydroxylation is 1.